The molecule has 1 amide bonds. The summed E-state index contributed by atoms with van der Waals surface area (Å²) in [5.74, 6) is 2.78. The van der Waals surface area contributed by atoms with Crippen molar-refractivity contribution in [2.24, 2.45) is 11.8 Å². The summed E-state index contributed by atoms with van der Waals surface area (Å²) >= 11 is 7.82. The van der Waals surface area contributed by atoms with Gasteiger partial charge in [-0.05, 0) is 49.3 Å². The van der Waals surface area contributed by atoms with Gasteiger partial charge in [-0.1, -0.05) is 56.3 Å². The topological polar surface area (TPSA) is 58.1 Å². The summed E-state index contributed by atoms with van der Waals surface area (Å²) < 4.78 is 0. The Kier molecular flexibility index (Phi) is 8.00. The number of nitrogens with zero attached hydrogens (tertiary/aromatic N) is 3. The van der Waals surface area contributed by atoms with Crippen molar-refractivity contribution in [2.75, 3.05) is 18.0 Å². The predicted octanol–water partition coefficient (Wildman–Crippen LogP) is 5.43. The van der Waals surface area contributed by atoms with Crippen molar-refractivity contribution in [1.29, 1.82) is 0 Å². The molecule has 1 atom stereocenters. The maximum Gasteiger partial charge on any atom is 0.251 e. The Balaban J connectivity index is 1.59. The summed E-state index contributed by atoms with van der Waals surface area (Å²) in [6.45, 7) is 10.5. The third kappa shape index (κ3) is 6.35. The molecule has 1 saturated heterocycles. The van der Waals surface area contributed by atoms with Crippen LogP contribution in [0.1, 0.15) is 56.5 Å². The van der Waals surface area contributed by atoms with Crippen LogP contribution in [0.5, 0.6) is 0 Å². The Morgan fingerprint density at radius 2 is 1.87 bits per heavy atom. The molecule has 2 heterocycles. The van der Waals surface area contributed by atoms with Gasteiger partial charge in [0.1, 0.15) is 11.0 Å². The fourth-order valence-corrected chi connectivity index (χ4v) is 4.24. The Labute approximate surface area is 189 Å². The van der Waals surface area contributed by atoms with Gasteiger partial charge in [-0.25, -0.2) is 9.97 Å². The number of rotatable bonds is 7. The molecule has 1 aromatic heterocycles. The number of carbonyl (C=O) groups excluding carboxylic acids is 1. The summed E-state index contributed by atoms with van der Waals surface area (Å²) in [6, 6.07) is 9.71. The number of piperidine rings is 1. The van der Waals surface area contributed by atoms with E-state index in [9.17, 15) is 4.79 Å². The zero-order chi connectivity index (χ0) is 21.7. The van der Waals surface area contributed by atoms with E-state index in [2.05, 4.69) is 36.0 Å². The van der Waals surface area contributed by atoms with Gasteiger partial charge in [0.2, 0.25) is 0 Å². The maximum atomic E-state index is 12.3. The highest BCUT2D eigenvalue weighted by Gasteiger charge is 2.18. The number of aromatic nitrogens is 2. The third-order valence-electron chi connectivity index (χ3n) is 5.71. The normalized spacial score (nSPS) is 16.0. The number of halogens is 1. The molecule has 2 aromatic rings. The van der Waals surface area contributed by atoms with Gasteiger partial charge >= 0.3 is 0 Å². The van der Waals surface area contributed by atoms with Crippen molar-refractivity contribution >= 4 is 35.1 Å². The van der Waals surface area contributed by atoms with Gasteiger partial charge in [0.05, 0.1) is 0 Å². The molecular formula is C23H31ClN4OS. The summed E-state index contributed by atoms with van der Waals surface area (Å²) in [5.41, 5.74) is 1.79. The minimum absolute atomic E-state index is 0.0333. The minimum atomic E-state index is -0.0333. The fraction of sp³-hybridized carbons (Fsp3) is 0.522. The van der Waals surface area contributed by atoms with Crippen molar-refractivity contribution in [1.82, 2.24) is 15.3 Å². The highest BCUT2D eigenvalue weighted by molar-refractivity contribution is 7.98. The monoisotopic (exact) mass is 446 g/mol. The van der Waals surface area contributed by atoms with Crippen LogP contribution in [0.4, 0.5) is 5.82 Å². The molecule has 3 rings (SSSR count). The lowest BCUT2D eigenvalue weighted by Crippen LogP contribution is -2.36. The minimum Gasteiger partial charge on any atom is -0.356 e. The smallest absolute Gasteiger partial charge is 0.251 e. The Morgan fingerprint density at radius 3 is 2.50 bits per heavy atom. The van der Waals surface area contributed by atoms with Crippen LogP contribution in [0.15, 0.2) is 35.5 Å². The van der Waals surface area contributed by atoms with Gasteiger partial charge in [-0.2, -0.15) is 0 Å². The molecule has 1 unspecified atom stereocenters. The van der Waals surface area contributed by atoms with Gasteiger partial charge in [0, 0.05) is 36.5 Å². The van der Waals surface area contributed by atoms with E-state index in [0.717, 1.165) is 36.1 Å². The summed E-state index contributed by atoms with van der Waals surface area (Å²) in [5, 5.41) is 4.20. The summed E-state index contributed by atoms with van der Waals surface area (Å²) in [6.07, 6.45) is 2.36. The quantitative estimate of drug-likeness (QED) is 0.349. The average Bonchev–Trinajstić information content (AvgIpc) is 2.72. The number of nitrogens with one attached hydrogen (secondary N) is 1. The first-order chi connectivity index (χ1) is 14.3. The molecule has 1 aliphatic rings. The van der Waals surface area contributed by atoms with Crippen LogP contribution in [0.3, 0.4) is 0 Å². The first-order valence-corrected chi connectivity index (χ1v) is 12.0. The molecule has 0 spiro atoms. The Bertz CT molecular complexity index is 851. The fourth-order valence-electron chi connectivity index (χ4n) is 3.21. The largest absolute Gasteiger partial charge is 0.356 e. The summed E-state index contributed by atoms with van der Waals surface area (Å²) in [7, 11) is 0. The lowest BCUT2D eigenvalue weighted by molar-refractivity contribution is 0.0930. The maximum absolute atomic E-state index is 12.3. The Hall–Kier alpha value is -1.79. The van der Waals surface area contributed by atoms with Crippen LogP contribution in [-0.4, -0.2) is 35.0 Å². The van der Waals surface area contributed by atoms with Crippen LogP contribution in [0.2, 0.25) is 5.15 Å². The molecular weight excluding hydrogens is 416 g/mol. The van der Waals surface area contributed by atoms with Crippen LogP contribution in [-0.2, 0) is 5.75 Å². The second-order valence-corrected chi connectivity index (χ2v) is 9.82. The van der Waals surface area contributed by atoms with E-state index >= 15 is 0 Å². The molecule has 0 saturated carbocycles. The van der Waals surface area contributed by atoms with Crippen molar-refractivity contribution in [3.63, 3.8) is 0 Å². The van der Waals surface area contributed by atoms with Crippen LogP contribution in [0.25, 0.3) is 0 Å². The van der Waals surface area contributed by atoms with Crippen LogP contribution in [0, 0.1) is 11.8 Å². The van der Waals surface area contributed by atoms with Crippen molar-refractivity contribution in [2.45, 2.75) is 57.5 Å². The highest BCUT2D eigenvalue weighted by atomic mass is 35.5. The third-order valence-corrected chi connectivity index (χ3v) is 6.82. The molecule has 0 aliphatic carbocycles. The number of carbonyl (C=O) groups is 1. The molecule has 7 heteroatoms. The molecule has 1 aliphatic heterocycles. The van der Waals surface area contributed by atoms with Gasteiger partial charge in [-0.15, -0.1) is 0 Å². The van der Waals surface area contributed by atoms with Gasteiger partial charge in [0.15, 0.2) is 5.16 Å². The second kappa shape index (κ2) is 10.5. The van der Waals surface area contributed by atoms with E-state index in [-0.39, 0.29) is 11.9 Å². The first kappa shape index (κ1) is 22.9. The van der Waals surface area contributed by atoms with Crippen LogP contribution >= 0.6 is 23.4 Å². The van der Waals surface area contributed by atoms with Crippen molar-refractivity contribution in [3.05, 3.63) is 46.6 Å². The number of hydrogen-bond donors (Lipinski definition) is 1. The number of amides is 1. The van der Waals surface area contributed by atoms with E-state index in [1.165, 1.54) is 12.8 Å². The van der Waals surface area contributed by atoms with E-state index in [1.54, 1.807) is 11.8 Å². The zero-order valence-electron chi connectivity index (χ0n) is 18.2. The SMILES string of the molecule is CC1CCN(c2cc(Cl)nc(SCc3ccc(C(=O)NC(C)C(C)C)cc3)n2)CC1. The molecule has 5 nitrogen and oxygen atoms in total. The van der Waals surface area contributed by atoms with E-state index in [0.29, 0.717) is 21.8 Å². The number of benzene rings is 1. The molecule has 30 heavy (non-hydrogen) atoms. The lowest BCUT2D eigenvalue weighted by Gasteiger charge is -2.31. The van der Waals surface area contributed by atoms with Crippen LogP contribution < -0.4 is 10.2 Å². The molecule has 1 N–H and O–H groups in total. The number of anilines is 1. The van der Waals surface area contributed by atoms with E-state index in [4.69, 9.17) is 16.6 Å². The number of thioether (sulfide) groups is 1. The summed E-state index contributed by atoms with van der Waals surface area (Å²) in [4.78, 5) is 23.7. The lowest BCUT2D eigenvalue weighted by atomic mass is 9.99. The van der Waals surface area contributed by atoms with Gasteiger partial charge < -0.3 is 10.2 Å². The predicted molar refractivity (Wildman–Crippen MR) is 125 cm³/mol. The van der Waals surface area contributed by atoms with Crippen molar-refractivity contribution < 1.29 is 4.79 Å². The second-order valence-electron chi connectivity index (χ2n) is 8.49. The first-order valence-electron chi connectivity index (χ1n) is 10.6. The van der Waals surface area contributed by atoms with E-state index < -0.39 is 0 Å². The van der Waals surface area contributed by atoms with Gasteiger partial charge in [0.25, 0.3) is 5.91 Å². The molecule has 1 fully saturated rings. The molecule has 1 aromatic carbocycles. The van der Waals surface area contributed by atoms with Gasteiger partial charge in [-0.3, -0.25) is 4.79 Å². The molecule has 0 bridgehead atoms. The highest BCUT2D eigenvalue weighted by Crippen LogP contribution is 2.27. The van der Waals surface area contributed by atoms with Crippen molar-refractivity contribution in [3.8, 4) is 0 Å². The standard InChI is InChI=1S/C23H31ClN4OS/c1-15(2)17(4)25-22(29)19-7-5-18(6-8-19)14-30-23-26-20(24)13-21(27-23)28-11-9-16(3)10-12-28/h5-8,13,15-17H,9-12,14H2,1-4H3,(H,25,29). The average molecular weight is 447 g/mol. The zero-order valence-corrected chi connectivity index (χ0v) is 19.8. The van der Waals surface area contributed by atoms with E-state index in [1.807, 2.05) is 37.3 Å². The molecule has 0 radical (unpaired) electrons. The molecule has 162 valence electrons. The Morgan fingerprint density at radius 1 is 1.20 bits per heavy atom. The number of hydrogen-bond acceptors (Lipinski definition) is 5.